The van der Waals surface area contributed by atoms with E-state index < -0.39 is 0 Å². The average Bonchev–Trinajstić information content (AvgIpc) is 2.33. The molecule has 0 aliphatic rings. The Balaban J connectivity index is -0.0000000245. The monoisotopic (exact) mass is 362 g/mol. The molecule has 0 spiro atoms. The molecule has 0 aromatic heterocycles. The van der Waals surface area contributed by atoms with Crippen molar-refractivity contribution in [3.8, 4) is 0 Å². The van der Waals surface area contributed by atoms with E-state index in [1.807, 2.05) is 0 Å². The molecule has 6 heteroatoms. The van der Waals surface area contributed by atoms with Crippen molar-refractivity contribution in [3.63, 3.8) is 0 Å². The van der Waals surface area contributed by atoms with E-state index in [2.05, 4.69) is 13.8 Å². The number of hydrogen-bond donors (Lipinski definition) is 4. The third kappa shape index (κ3) is 60700. The summed E-state index contributed by atoms with van der Waals surface area (Å²) in [5.41, 5.74) is 0. The van der Waals surface area contributed by atoms with Gasteiger partial charge >= 0.3 is 23.7 Å². The van der Waals surface area contributed by atoms with Gasteiger partial charge in [-0.3, -0.25) is 0 Å². The molecule has 0 aliphatic heterocycles. The zero-order valence-corrected chi connectivity index (χ0v) is 18.0. The Labute approximate surface area is 151 Å². The van der Waals surface area contributed by atoms with E-state index in [0.29, 0.717) is 0 Å². The summed E-state index contributed by atoms with van der Waals surface area (Å²) in [5, 5.41) is 32.2. The maximum absolute atomic E-state index is 8.25. The van der Waals surface area contributed by atoms with Crippen LogP contribution in [0.2, 0.25) is 0 Å². The van der Waals surface area contributed by atoms with E-state index in [1.54, 1.807) is 69.2 Å². The predicted molar refractivity (Wildman–Crippen MR) is 92.2 cm³/mol. The molecular formula is C16H42O5Ti. The van der Waals surface area contributed by atoms with Crippen LogP contribution in [0.5, 0.6) is 0 Å². The summed E-state index contributed by atoms with van der Waals surface area (Å²) >= 11 is 0.750. The summed E-state index contributed by atoms with van der Waals surface area (Å²) in [4.78, 5) is 0. The van der Waals surface area contributed by atoms with Crippen molar-refractivity contribution in [2.24, 2.45) is 0 Å². The van der Waals surface area contributed by atoms with E-state index in [0.717, 1.165) is 20.4 Å². The first-order valence-corrected chi connectivity index (χ1v) is 7.91. The third-order valence-electron chi connectivity index (χ3n) is 0. The van der Waals surface area contributed by atoms with Gasteiger partial charge in [0.15, 0.2) is 0 Å². The van der Waals surface area contributed by atoms with E-state index in [-0.39, 0.29) is 24.4 Å². The Morgan fingerprint density at radius 2 is 0.500 bits per heavy atom. The molecule has 0 fully saturated rings. The van der Waals surface area contributed by atoms with Crippen LogP contribution in [0.4, 0.5) is 0 Å². The standard InChI is InChI=1S/4C3H8O.2C2H5.O.Ti/c4*1-3(2)4;2*1-2;;/h4*3-4H,1-2H3;2*1H2,2H3;;/q;;;;2*-1;;+2. The molecule has 0 heterocycles. The Morgan fingerprint density at radius 3 is 0.500 bits per heavy atom. The van der Waals surface area contributed by atoms with Crippen LogP contribution in [-0.4, -0.2) is 44.8 Å². The van der Waals surface area contributed by atoms with Crippen molar-refractivity contribution < 1.29 is 44.2 Å². The van der Waals surface area contributed by atoms with Crippen LogP contribution < -0.4 is 0 Å². The Bertz CT molecular complexity index is 75.7. The van der Waals surface area contributed by atoms with Gasteiger partial charge in [0.2, 0.25) is 0 Å². The number of hydrogen-bond acceptors (Lipinski definition) is 5. The average molecular weight is 362 g/mol. The molecule has 0 aliphatic carbocycles. The first kappa shape index (κ1) is 43.2. The second-order valence-electron chi connectivity index (χ2n) is 4.37. The van der Waals surface area contributed by atoms with E-state index in [1.165, 1.54) is 0 Å². The summed E-state index contributed by atoms with van der Waals surface area (Å²) in [5.74, 6) is 0. The van der Waals surface area contributed by atoms with Crippen molar-refractivity contribution >= 4 is 0 Å². The van der Waals surface area contributed by atoms with Gasteiger partial charge in [-0.25, -0.2) is 0 Å². The topological polar surface area (TPSA) is 98.0 Å². The van der Waals surface area contributed by atoms with Crippen molar-refractivity contribution in [3.05, 3.63) is 13.8 Å². The van der Waals surface area contributed by atoms with Crippen LogP contribution in [0.1, 0.15) is 69.2 Å². The SMILES string of the molecule is CC(C)O.CC(C)O.CC(C)O.CC(C)O.[CH2-]C.[CH2-]C.[O]=[Ti+2]. The predicted octanol–water partition coefficient (Wildman–Crippen LogP) is 3.11. The van der Waals surface area contributed by atoms with E-state index in [9.17, 15) is 0 Å². The maximum atomic E-state index is 8.25. The summed E-state index contributed by atoms with van der Waals surface area (Å²) in [6.07, 6.45) is -0.667. The molecule has 0 atom stereocenters. The zero-order chi connectivity index (χ0) is 20.3. The van der Waals surface area contributed by atoms with Gasteiger partial charge < -0.3 is 34.3 Å². The molecule has 0 amide bonds. The Morgan fingerprint density at radius 1 is 0.500 bits per heavy atom. The van der Waals surface area contributed by atoms with Crippen LogP contribution in [0.3, 0.4) is 0 Å². The number of aliphatic hydroxyl groups is 4. The van der Waals surface area contributed by atoms with Gasteiger partial charge in [-0.15, -0.1) is 0 Å². The van der Waals surface area contributed by atoms with Gasteiger partial charge in [0, 0.05) is 24.4 Å². The van der Waals surface area contributed by atoms with Gasteiger partial charge in [-0.2, -0.15) is 13.8 Å². The van der Waals surface area contributed by atoms with E-state index in [4.69, 9.17) is 23.8 Å². The molecule has 5 nitrogen and oxygen atoms in total. The van der Waals surface area contributed by atoms with Crippen molar-refractivity contribution in [2.75, 3.05) is 0 Å². The molecule has 0 rings (SSSR count). The fraction of sp³-hybridized carbons (Fsp3) is 0.875. The molecule has 0 bridgehead atoms. The molecule has 140 valence electrons. The first-order chi connectivity index (χ1) is 9.93. The summed E-state index contributed by atoms with van der Waals surface area (Å²) in [6, 6.07) is 0. The summed E-state index contributed by atoms with van der Waals surface area (Å²) in [6.45, 7) is 23.8. The molecule has 22 heavy (non-hydrogen) atoms. The zero-order valence-electron chi connectivity index (χ0n) is 16.4. The van der Waals surface area contributed by atoms with Crippen LogP contribution in [0.25, 0.3) is 0 Å². The molecule has 0 aromatic rings. The molecule has 0 unspecified atom stereocenters. The molecule has 0 aromatic carbocycles. The van der Waals surface area contributed by atoms with Gasteiger partial charge in [-0.1, -0.05) is 0 Å². The summed E-state index contributed by atoms with van der Waals surface area (Å²) < 4.78 is 8.25. The minimum atomic E-state index is -0.167. The number of rotatable bonds is 0. The first-order valence-electron chi connectivity index (χ1n) is 7.27. The van der Waals surface area contributed by atoms with Crippen LogP contribution >= 0.6 is 0 Å². The normalized spacial score (nSPS) is 7.36. The fourth-order valence-corrected chi connectivity index (χ4v) is 0. The fourth-order valence-electron chi connectivity index (χ4n) is 0. The quantitative estimate of drug-likeness (QED) is 0.392. The molecule has 4 N–H and O–H groups in total. The molecule has 0 radical (unpaired) electrons. The van der Waals surface area contributed by atoms with Gasteiger partial charge in [0.25, 0.3) is 0 Å². The number of aliphatic hydroxyl groups excluding tert-OH is 4. The minimum absolute atomic E-state index is 0.167. The van der Waals surface area contributed by atoms with Crippen LogP contribution in [-0.2, 0) is 23.7 Å². The van der Waals surface area contributed by atoms with Crippen LogP contribution in [0, 0.1) is 13.8 Å². The van der Waals surface area contributed by atoms with Crippen LogP contribution in [0.15, 0.2) is 0 Å². The van der Waals surface area contributed by atoms with Gasteiger partial charge in [0.1, 0.15) is 0 Å². The molecule has 0 saturated heterocycles. The Hall–Kier alpha value is 0.354. The second kappa shape index (κ2) is 58.0. The van der Waals surface area contributed by atoms with Gasteiger partial charge in [0.05, 0.1) is 0 Å². The van der Waals surface area contributed by atoms with E-state index >= 15 is 0 Å². The van der Waals surface area contributed by atoms with Crippen molar-refractivity contribution in [1.29, 1.82) is 0 Å². The Kier molecular flexibility index (Phi) is 114. The third-order valence-corrected chi connectivity index (χ3v) is 0. The second-order valence-corrected chi connectivity index (χ2v) is 4.37. The van der Waals surface area contributed by atoms with Crippen molar-refractivity contribution in [2.45, 2.75) is 93.7 Å². The van der Waals surface area contributed by atoms with Gasteiger partial charge in [-0.05, 0) is 55.4 Å². The molecular weight excluding hydrogens is 320 g/mol. The molecule has 0 saturated carbocycles. The van der Waals surface area contributed by atoms with Crippen molar-refractivity contribution in [1.82, 2.24) is 0 Å². The summed E-state index contributed by atoms with van der Waals surface area (Å²) in [7, 11) is 0.